The second-order valence-electron chi connectivity index (χ2n) is 4.04. The lowest BCUT2D eigenvalue weighted by atomic mass is 10.1. The van der Waals surface area contributed by atoms with E-state index in [0.717, 1.165) is 37.3 Å². The van der Waals surface area contributed by atoms with Gasteiger partial charge in [-0.2, -0.15) is 5.10 Å². The van der Waals surface area contributed by atoms with Gasteiger partial charge in [-0.3, -0.25) is 4.79 Å². The van der Waals surface area contributed by atoms with Crippen LogP contribution >= 0.6 is 0 Å². The predicted molar refractivity (Wildman–Crippen MR) is 58.6 cm³/mol. The van der Waals surface area contributed by atoms with Gasteiger partial charge in [-0.25, -0.2) is 9.50 Å². The number of carbonyl (C=O) groups is 1. The number of nitrogens with zero attached hydrogens (tertiary/aromatic N) is 3. The minimum absolute atomic E-state index is 0.402. The van der Waals surface area contributed by atoms with E-state index in [2.05, 4.69) is 15.4 Å². The van der Waals surface area contributed by atoms with E-state index in [-0.39, 0.29) is 0 Å². The summed E-state index contributed by atoms with van der Waals surface area (Å²) >= 11 is 0. The number of nitrogens with one attached hydrogen (secondary N) is 1. The minimum atomic E-state index is 0.402. The van der Waals surface area contributed by atoms with Crippen molar-refractivity contribution in [1.82, 2.24) is 19.9 Å². The van der Waals surface area contributed by atoms with Crippen LogP contribution in [-0.4, -0.2) is 34.0 Å². The van der Waals surface area contributed by atoms with Crippen molar-refractivity contribution in [1.29, 1.82) is 0 Å². The van der Waals surface area contributed by atoms with Gasteiger partial charge in [-0.1, -0.05) is 0 Å². The zero-order chi connectivity index (χ0) is 11.0. The number of hydrogen-bond donors (Lipinski definition) is 1. The van der Waals surface area contributed by atoms with Crippen LogP contribution in [0.4, 0.5) is 0 Å². The van der Waals surface area contributed by atoms with Gasteiger partial charge in [-0.05, 0) is 25.1 Å². The lowest BCUT2D eigenvalue weighted by Gasteiger charge is -1.99. The van der Waals surface area contributed by atoms with Crippen LogP contribution in [0.15, 0.2) is 18.3 Å². The standard InChI is InChI=1S/C11H12N4O/c16-7-8-2-4-15-10(5-8)13-11(14-15)9-1-3-12-6-9/h2,4-5,7,9,12H,1,3,6H2. The van der Waals surface area contributed by atoms with Crippen molar-refractivity contribution in [2.45, 2.75) is 12.3 Å². The average Bonchev–Trinajstić information content (AvgIpc) is 2.96. The Morgan fingerprint density at radius 1 is 1.56 bits per heavy atom. The van der Waals surface area contributed by atoms with E-state index in [1.165, 1.54) is 0 Å². The number of aromatic nitrogens is 3. The van der Waals surface area contributed by atoms with Gasteiger partial charge in [0.05, 0.1) is 0 Å². The maximum atomic E-state index is 10.6. The third-order valence-electron chi connectivity index (χ3n) is 2.94. The topological polar surface area (TPSA) is 59.3 Å². The van der Waals surface area contributed by atoms with Crippen LogP contribution in [0.25, 0.3) is 5.65 Å². The SMILES string of the molecule is O=Cc1ccn2nc(C3CCNC3)nc2c1. The van der Waals surface area contributed by atoms with Crippen LogP contribution in [-0.2, 0) is 0 Å². The maximum absolute atomic E-state index is 10.6. The molecule has 82 valence electrons. The molecule has 1 N–H and O–H groups in total. The Balaban J connectivity index is 2.04. The first-order chi connectivity index (χ1) is 7.86. The highest BCUT2D eigenvalue weighted by molar-refractivity contribution is 5.76. The van der Waals surface area contributed by atoms with Gasteiger partial charge in [0, 0.05) is 24.2 Å². The highest BCUT2D eigenvalue weighted by atomic mass is 16.1. The van der Waals surface area contributed by atoms with Crippen LogP contribution in [0.3, 0.4) is 0 Å². The molecule has 2 aromatic rings. The van der Waals surface area contributed by atoms with E-state index in [4.69, 9.17) is 0 Å². The molecule has 2 aromatic heterocycles. The van der Waals surface area contributed by atoms with E-state index in [1.807, 2.05) is 0 Å². The molecule has 5 nitrogen and oxygen atoms in total. The molecule has 0 spiro atoms. The summed E-state index contributed by atoms with van der Waals surface area (Å²) in [6.07, 6.45) is 3.68. The summed E-state index contributed by atoms with van der Waals surface area (Å²) < 4.78 is 1.72. The Morgan fingerprint density at radius 3 is 3.25 bits per heavy atom. The third-order valence-corrected chi connectivity index (χ3v) is 2.94. The Labute approximate surface area is 92.5 Å². The van der Waals surface area contributed by atoms with Gasteiger partial charge in [-0.15, -0.1) is 0 Å². The number of aldehydes is 1. The summed E-state index contributed by atoms with van der Waals surface area (Å²) in [5.41, 5.74) is 1.38. The normalized spacial score (nSPS) is 20.4. The highest BCUT2D eigenvalue weighted by Gasteiger charge is 2.20. The summed E-state index contributed by atoms with van der Waals surface area (Å²) in [5.74, 6) is 1.27. The van der Waals surface area contributed by atoms with E-state index < -0.39 is 0 Å². The molecule has 1 aliphatic heterocycles. The summed E-state index contributed by atoms with van der Waals surface area (Å²) in [5, 5.41) is 7.71. The lowest BCUT2D eigenvalue weighted by Crippen LogP contribution is -2.08. The quantitative estimate of drug-likeness (QED) is 0.747. The molecule has 1 aliphatic rings. The van der Waals surface area contributed by atoms with Crippen LogP contribution in [0.2, 0.25) is 0 Å². The molecular weight excluding hydrogens is 204 g/mol. The summed E-state index contributed by atoms with van der Waals surface area (Å²) in [6, 6.07) is 3.50. The summed E-state index contributed by atoms with van der Waals surface area (Å²) in [6.45, 7) is 1.97. The molecule has 0 aromatic carbocycles. The Kier molecular flexibility index (Phi) is 2.18. The van der Waals surface area contributed by atoms with Crippen LogP contribution < -0.4 is 5.32 Å². The molecule has 1 saturated heterocycles. The maximum Gasteiger partial charge on any atom is 0.156 e. The molecule has 0 radical (unpaired) electrons. The lowest BCUT2D eigenvalue weighted by molar-refractivity contribution is 0.112. The van der Waals surface area contributed by atoms with Gasteiger partial charge in [0.15, 0.2) is 11.5 Å². The van der Waals surface area contributed by atoms with Crippen molar-refractivity contribution in [3.8, 4) is 0 Å². The second kappa shape index (κ2) is 3.68. The monoisotopic (exact) mass is 216 g/mol. The number of fused-ring (bicyclic) bond motifs is 1. The number of carbonyl (C=O) groups excluding carboxylic acids is 1. The van der Waals surface area contributed by atoms with Crippen molar-refractivity contribution in [2.24, 2.45) is 0 Å². The van der Waals surface area contributed by atoms with E-state index >= 15 is 0 Å². The summed E-state index contributed by atoms with van der Waals surface area (Å²) in [4.78, 5) is 15.1. The molecule has 3 rings (SSSR count). The Morgan fingerprint density at radius 2 is 2.50 bits per heavy atom. The first-order valence-corrected chi connectivity index (χ1v) is 5.39. The first-order valence-electron chi connectivity index (χ1n) is 5.39. The average molecular weight is 216 g/mol. The van der Waals surface area contributed by atoms with Gasteiger partial charge in [0.1, 0.15) is 6.29 Å². The Bertz CT molecular complexity index is 528. The molecular formula is C11H12N4O. The van der Waals surface area contributed by atoms with Crippen molar-refractivity contribution in [3.63, 3.8) is 0 Å². The van der Waals surface area contributed by atoms with Crippen LogP contribution in [0.5, 0.6) is 0 Å². The van der Waals surface area contributed by atoms with Gasteiger partial charge >= 0.3 is 0 Å². The molecule has 5 heteroatoms. The molecule has 0 bridgehead atoms. The molecule has 0 saturated carbocycles. The summed E-state index contributed by atoms with van der Waals surface area (Å²) in [7, 11) is 0. The molecule has 16 heavy (non-hydrogen) atoms. The fourth-order valence-electron chi connectivity index (χ4n) is 2.04. The van der Waals surface area contributed by atoms with Gasteiger partial charge < -0.3 is 5.32 Å². The van der Waals surface area contributed by atoms with Crippen LogP contribution in [0.1, 0.15) is 28.5 Å². The number of rotatable bonds is 2. The largest absolute Gasteiger partial charge is 0.316 e. The van der Waals surface area contributed by atoms with E-state index in [1.54, 1.807) is 22.8 Å². The number of hydrogen-bond acceptors (Lipinski definition) is 4. The molecule has 0 amide bonds. The third kappa shape index (κ3) is 1.49. The second-order valence-corrected chi connectivity index (χ2v) is 4.04. The van der Waals surface area contributed by atoms with E-state index in [0.29, 0.717) is 11.5 Å². The van der Waals surface area contributed by atoms with Gasteiger partial charge in [0.25, 0.3) is 0 Å². The molecule has 0 aliphatic carbocycles. The van der Waals surface area contributed by atoms with Gasteiger partial charge in [0.2, 0.25) is 0 Å². The zero-order valence-electron chi connectivity index (χ0n) is 8.76. The smallest absolute Gasteiger partial charge is 0.156 e. The van der Waals surface area contributed by atoms with Crippen molar-refractivity contribution >= 4 is 11.9 Å². The predicted octanol–water partition coefficient (Wildman–Crippen LogP) is 0.619. The first kappa shape index (κ1) is 9.47. The molecule has 3 heterocycles. The highest BCUT2D eigenvalue weighted by Crippen LogP contribution is 2.19. The fourth-order valence-corrected chi connectivity index (χ4v) is 2.04. The van der Waals surface area contributed by atoms with Crippen molar-refractivity contribution in [3.05, 3.63) is 29.7 Å². The zero-order valence-corrected chi connectivity index (χ0v) is 8.76. The molecule has 1 atom stereocenters. The van der Waals surface area contributed by atoms with Crippen LogP contribution in [0, 0.1) is 0 Å². The molecule has 1 fully saturated rings. The van der Waals surface area contributed by atoms with Crippen molar-refractivity contribution < 1.29 is 4.79 Å². The molecule has 1 unspecified atom stereocenters. The fraction of sp³-hybridized carbons (Fsp3) is 0.364. The minimum Gasteiger partial charge on any atom is -0.316 e. The Hall–Kier alpha value is -1.75. The van der Waals surface area contributed by atoms with E-state index in [9.17, 15) is 4.79 Å². The number of pyridine rings is 1. The van der Waals surface area contributed by atoms with Crippen molar-refractivity contribution in [2.75, 3.05) is 13.1 Å².